The molecule has 3 heterocycles. The summed E-state index contributed by atoms with van der Waals surface area (Å²) in [4.78, 5) is 15.2. The molecule has 0 aliphatic carbocycles. The van der Waals surface area contributed by atoms with Gasteiger partial charge >= 0.3 is 0 Å². The van der Waals surface area contributed by atoms with Gasteiger partial charge in [0.15, 0.2) is 0 Å². The predicted molar refractivity (Wildman–Crippen MR) is 77.3 cm³/mol. The summed E-state index contributed by atoms with van der Waals surface area (Å²) < 4.78 is 5.38. The third kappa shape index (κ3) is 2.71. The fourth-order valence-corrected chi connectivity index (χ4v) is 3.98. The van der Waals surface area contributed by atoms with Crippen LogP contribution in [0.5, 0.6) is 0 Å². The van der Waals surface area contributed by atoms with Gasteiger partial charge in [0.2, 0.25) is 5.91 Å². The number of nitrogens with two attached hydrogens (primary N) is 1. The summed E-state index contributed by atoms with van der Waals surface area (Å²) in [6.07, 6.45) is 6.33. The normalized spacial score (nSPS) is 33.6. The lowest BCUT2D eigenvalue weighted by atomic mass is 9.79. The quantitative estimate of drug-likeness (QED) is 0.790. The first-order valence-electron chi connectivity index (χ1n) is 8.06. The Kier molecular flexibility index (Phi) is 4.29. The number of ether oxygens (including phenoxy) is 1. The second kappa shape index (κ2) is 6.00. The van der Waals surface area contributed by atoms with Crippen molar-refractivity contribution in [3.05, 3.63) is 0 Å². The van der Waals surface area contributed by atoms with Gasteiger partial charge in [0, 0.05) is 38.4 Å². The Balaban J connectivity index is 1.57. The van der Waals surface area contributed by atoms with Gasteiger partial charge in [-0.1, -0.05) is 0 Å². The summed E-state index contributed by atoms with van der Waals surface area (Å²) in [6.45, 7) is 4.13. The zero-order valence-corrected chi connectivity index (χ0v) is 12.3. The van der Waals surface area contributed by atoms with Crippen molar-refractivity contribution in [2.24, 2.45) is 11.1 Å². The van der Waals surface area contributed by atoms with Gasteiger partial charge in [-0.05, 0) is 45.1 Å². The Labute approximate surface area is 121 Å². The van der Waals surface area contributed by atoms with Crippen molar-refractivity contribution >= 4 is 5.91 Å². The molecular weight excluding hydrogens is 254 g/mol. The number of hydrogen-bond donors (Lipinski definition) is 2. The van der Waals surface area contributed by atoms with Crippen LogP contribution in [0.4, 0.5) is 0 Å². The summed E-state index contributed by atoms with van der Waals surface area (Å²) in [6, 6.07) is 1.03. The van der Waals surface area contributed by atoms with Crippen molar-refractivity contribution in [2.75, 3.05) is 32.8 Å². The van der Waals surface area contributed by atoms with E-state index >= 15 is 0 Å². The van der Waals surface area contributed by atoms with Gasteiger partial charge in [0.1, 0.15) is 0 Å². The van der Waals surface area contributed by atoms with Crippen molar-refractivity contribution < 1.29 is 9.53 Å². The molecule has 0 spiro atoms. The maximum absolute atomic E-state index is 12.7. The Morgan fingerprint density at radius 1 is 1.30 bits per heavy atom. The van der Waals surface area contributed by atoms with Crippen LogP contribution >= 0.6 is 0 Å². The average molecular weight is 281 g/mol. The number of rotatable bonds is 3. The number of hydrogen-bond acceptors (Lipinski definition) is 4. The minimum atomic E-state index is -0.384. The molecule has 5 nitrogen and oxygen atoms in total. The first kappa shape index (κ1) is 14.3. The smallest absolute Gasteiger partial charge is 0.227 e. The fourth-order valence-electron chi connectivity index (χ4n) is 3.98. The predicted octanol–water partition coefficient (Wildman–Crippen LogP) is 0.485. The number of fused-ring (bicyclic) bond motifs is 1. The van der Waals surface area contributed by atoms with E-state index in [1.165, 1.54) is 19.4 Å². The lowest BCUT2D eigenvalue weighted by Crippen LogP contribution is -2.54. The van der Waals surface area contributed by atoms with Crippen molar-refractivity contribution in [1.29, 1.82) is 0 Å². The Bertz CT molecular complexity index is 355. The molecular formula is C15H27N3O2. The third-order valence-electron chi connectivity index (χ3n) is 5.48. The number of carbonyl (C=O) groups is 1. The van der Waals surface area contributed by atoms with Crippen LogP contribution in [0.15, 0.2) is 0 Å². The molecule has 5 heteroatoms. The highest BCUT2D eigenvalue weighted by molar-refractivity contribution is 5.83. The molecule has 0 bridgehead atoms. The fraction of sp³-hybridized carbons (Fsp3) is 0.933. The molecule has 3 saturated heterocycles. The first-order chi connectivity index (χ1) is 9.73. The maximum Gasteiger partial charge on any atom is 0.227 e. The van der Waals surface area contributed by atoms with Crippen molar-refractivity contribution in [3.8, 4) is 0 Å². The Morgan fingerprint density at radius 2 is 2.10 bits per heavy atom. The standard InChI is InChI=1S/C15H27N3O2/c16-11-15(4-8-20-9-5-15)14(19)17-12-3-7-18-6-1-2-13(18)10-12/h12-13H,1-11,16H2,(H,17,19). The third-order valence-corrected chi connectivity index (χ3v) is 5.48. The highest BCUT2D eigenvalue weighted by Gasteiger charge is 2.40. The van der Waals surface area contributed by atoms with Gasteiger partial charge in [-0.3, -0.25) is 4.79 Å². The molecule has 0 aromatic carbocycles. The van der Waals surface area contributed by atoms with Gasteiger partial charge < -0.3 is 20.7 Å². The summed E-state index contributed by atoms with van der Waals surface area (Å²) in [7, 11) is 0. The van der Waals surface area contributed by atoms with Crippen LogP contribution in [0.3, 0.4) is 0 Å². The monoisotopic (exact) mass is 281 g/mol. The molecule has 0 radical (unpaired) electrons. The number of amides is 1. The van der Waals surface area contributed by atoms with Crippen LogP contribution in [0.25, 0.3) is 0 Å². The molecule has 1 amide bonds. The first-order valence-corrected chi connectivity index (χ1v) is 8.06. The zero-order chi connectivity index (χ0) is 14.0. The second-order valence-electron chi connectivity index (χ2n) is 6.62. The molecule has 3 aliphatic rings. The molecule has 114 valence electrons. The lowest BCUT2D eigenvalue weighted by molar-refractivity contribution is -0.137. The topological polar surface area (TPSA) is 67.6 Å². The van der Waals surface area contributed by atoms with Crippen LogP contribution in [-0.4, -0.2) is 55.7 Å². The molecule has 2 atom stereocenters. The number of piperidine rings is 1. The number of nitrogens with zero attached hydrogens (tertiary/aromatic N) is 1. The van der Waals surface area contributed by atoms with Gasteiger partial charge in [-0.15, -0.1) is 0 Å². The summed E-state index contributed by atoms with van der Waals surface area (Å²) in [5.74, 6) is 0.166. The Hall–Kier alpha value is -0.650. The van der Waals surface area contributed by atoms with Gasteiger partial charge in [0.25, 0.3) is 0 Å². The van der Waals surface area contributed by atoms with Crippen LogP contribution in [-0.2, 0) is 9.53 Å². The van der Waals surface area contributed by atoms with E-state index in [-0.39, 0.29) is 11.3 Å². The minimum absolute atomic E-state index is 0.166. The van der Waals surface area contributed by atoms with Crippen LogP contribution in [0.1, 0.15) is 38.5 Å². The van der Waals surface area contributed by atoms with Crippen LogP contribution < -0.4 is 11.1 Å². The molecule has 0 aromatic heterocycles. The highest BCUT2D eigenvalue weighted by Crippen LogP contribution is 2.31. The number of nitrogens with one attached hydrogen (secondary N) is 1. The highest BCUT2D eigenvalue weighted by atomic mass is 16.5. The van der Waals surface area contributed by atoms with Crippen molar-refractivity contribution in [1.82, 2.24) is 10.2 Å². The summed E-state index contributed by atoms with van der Waals surface area (Å²) in [5.41, 5.74) is 5.52. The van der Waals surface area contributed by atoms with E-state index in [0.717, 1.165) is 32.2 Å². The summed E-state index contributed by atoms with van der Waals surface area (Å²) in [5, 5.41) is 3.29. The largest absolute Gasteiger partial charge is 0.381 e. The SMILES string of the molecule is NCC1(C(=O)NC2CCN3CCCC3C2)CCOCC1. The molecule has 20 heavy (non-hydrogen) atoms. The molecule has 3 fully saturated rings. The van der Waals surface area contributed by atoms with E-state index < -0.39 is 0 Å². The maximum atomic E-state index is 12.7. The van der Waals surface area contributed by atoms with Gasteiger partial charge in [-0.25, -0.2) is 0 Å². The van der Waals surface area contributed by atoms with Gasteiger partial charge in [-0.2, -0.15) is 0 Å². The van der Waals surface area contributed by atoms with E-state index in [1.807, 2.05) is 0 Å². The molecule has 3 aliphatic heterocycles. The van der Waals surface area contributed by atoms with Crippen molar-refractivity contribution in [2.45, 2.75) is 50.6 Å². The number of carbonyl (C=O) groups excluding carboxylic acids is 1. The van der Waals surface area contributed by atoms with Crippen LogP contribution in [0, 0.1) is 5.41 Å². The molecule has 0 saturated carbocycles. The lowest BCUT2D eigenvalue weighted by Gasteiger charge is -2.39. The molecule has 2 unspecified atom stereocenters. The van der Waals surface area contributed by atoms with Gasteiger partial charge in [0.05, 0.1) is 5.41 Å². The van der Waals surface area contributed by atoms with E-state index in [9.17, 15) is 4.79 Å². The van der Waals surface area contributed by atoms with E-state index in [0.29, 0.717) is 31.8 Å². The molecule has 3 rings (SSSR count). The average Bonchev–Trinajstić information content (AvgIpc) is 2.95. The van der Waals surface area contributed by atoms with Crippen molar-refractivity contribution in [3.63, 3.8) is 0 Å². The Morgan fingerprint density at radius 3 is 2.85 bits per heavy atom. The van der Waals surface area contributed by atoms with Crippen LogP contribution in [0.2, 0.25) is 0 Å². The second-order valence-corrected chi connectivity index (χ2v) is 6.62. The summed E-state index contributed by atoms with van der Waals surface area (Å²) >= 11 is 0. The van der Waals surface area contributed by atoms with E-state index in [4.69, 9.17) is 10.5 Å². The molecule has 3 N–H and O–H groups in total. The molecule has 0 aromatic rings. The minimum Gasteiger partial charge on any atom is -0.381 e. The van der Waals surface area contributed by atoms with E-state index in [2.05, 4.69) is 10.2 Å². The zero-order valence-electron chi connectivity index (χ0n) is 12.3. The van der Waals surface area contributed by atoms with E-state index in [1.54, 1.807) is 0 Å².